The third kappa shape index (κ3) is 1.11. The van der Waals surface area contributed by atoms with E-state index in [0.29, 0.717) is 12.7 Å². The zero-order valence-corrected chi connectivity index (χ0v) is 22.0. The second kappa shape index (κ2) is 4.58. The fourth-order valence-corrected chi connectivity index (χ4v) is 19.6. The van der Waals surface area contributed by atoms with Crippen LogP contribution < -0.4 is 5.73 Å². The van der Waals surface area contributed by atoms with E-state index >= 15 is 0 Å². The van der Waals surface area contributed by atoms with Crippen molar-refractivity contribution >= 4 is 6.21 Å². The molecule has 0 aromatic carbocycles. The molecule has 2 spiro atoms. The quantitative estimate of drug-likeness (QED) is 0.461. The van der Waals surface area contributed by atoms with Crippen molar-refractivity contribution in [1.29, 1.82) is 0 Å². The lowest BCUT2D eigenvalue weighted by Crippen LogP contribution is -2.99. The van der Waals surface area contributed by atoms with Crippen LogP contribution in [0.25, 0.3) is 0 Å². The number of rotatable bonds is 3. The highest BCUT2D eigenvalue weighted by Crippen LogP contribution is 2.95. The fourth-order valence-electron chi connectivity index (χ4n) is 19.6. The summed E-state index contributed by atoms with van der Waals surface area (Å²) in [5.74, 6) is 17.4. The summed E-state index contributed by atoms with van der Waals surface area (Å²) >= 11 is 0. The van der Waals surface area contributed by atoms with E-state index in [1.54, 1.807) is 0 Å². The van der Waals surface area contributed by atoms with Gasteiger partial charge in [-0.05, 0) is 65.1 Å². The van der Waals surface area contributed by atoms with Gasteiger partial charge in [-0.2, -0.15) is 0 Å². The van der Waals surface area contributed by atoms with Gasteiger partial charge in [0, 0.05) is 61.8 Å². The van der Waals surface area contributed by atoms with Crippen molar-refractivity contribution < 1.29 is 8.97 Å². The van der Waals surface area contributed by atoms with Crippen LogP contribution in [0.5, 0.6) is 0 Å². The van der Waals surface area contributed by atoms with Crippen molar-refractivity contribution in [2.45, 2.75) is 55.5 Å². The summed E-state index contributed by atoms with van der Waals surface area (Å²) in [4.78, 5) is 10.8. The summed E-state index contributed by atoms with van der Waals surface area (Å²) in [7, 11) is 0. The van der Waals surface area contributed by atoms with Gasteiger partial charge in [0.15, 0.2) is 12.4 Å². The Morgan fingerprint density at radius 2 is 1.11 bits per heavy atom. The smallest absolute Gasteiger partial charge is 0.223 e. The van der Waals surface area contributed by atoms with Gasteiger partial charge in [-0.25, -0.2) is 8.97 Å². The third-order valence-electron chi connectivity index (χ3n) is 18.9. The lowest BCUT2D eigenvalue weighted by molar-refractivity contribution is -1.14. The average molecular weight is 507 g/mol. The summed E-state index contributed by atoms with van der Waals surface area (Å²) in [6.45, 7) is 4.22. The maximum absolute atomic E-state index is 5.94. The van der Waals surface area contributed by atoms with E-state index in [1.807, 2.05) is 0 Å². The molecule has 0 amide bonds. The van der Waals surface area contributed by atoms with Gasteiger partial charge in [0.25, 0.3) is 0 Å². The molecule has 26 atom stereocenters. The first-order valence-corrected chi connectivity index (χ1v) is 16.7. The Bertz CT molecular complexity index is 1390. The van der Waals surface area contributed by atoms with Gasteiger partial charge in [0.2, 0.25) is 6.17 Å². The van der Waals surface area contributed by atoms with Crippen LogP contribution in [0.1, 0.15) is 6.92 Å². The molecule has 16 rings (SSSR count). The molecule has 21 unspecified atom stereocenters. The highest BCUT2D eigenvalue weighted by molar-refractivity contribution is 5.66. The van der Waals surface area contributed by atoms with Gasteiger partial charge in [0.1, 0.15) is 36.4 Å². The van der Waals surface area contributed by atoms with Crippen LogP contribution >= 0.6 is 0 Å². The number of aliphatic imine (C=N–C) groups is 1. The molecule has 6 bridgehead atoms. The van der Waals surface area contributed by atoms with E-state index in [2.05, 4.69) is 47.7 Å². The molecule has 14 fully saturated rings. The molecule has 0 aromatic rings. The topological polar surface area (TPSA) is 44.9 Å². The second-order valence-corrected chi connectivity index (χ2v) is 17.4. The van der Waals surface area contributed by atoms with Crippen molar-refractivity contribution in [2.75, 3.05) is 13.1 Å². The van der Waals surface area contributed by atoms with E-state index in [1.165, 1.54) is 26.7 Å². The molecule has 8 heterocycles. The Morgan fingerprint density at radius 3 is 1.74 bits per heavy atom. The third-order valence-corrected chi connectivity index (χ3v) is 18.9. The normalized spacial score (nSPS) is 83.5. The van der Waals surface area contributed by atoms with E-state index in [9.17, 15) is 0 Å². The van der Waals surface area contributed by atoms with Crippen molar-refractivity contribution in [3.05, 3.63) is 24.8 Å². The number of hydrogen-bond acceptors (Lipinski definition) is 4. The van der Waals surface area contributed by atoms with Crippen LogP contribution in [-0.2, 0) is 0 Å². The molecule has 6 nitrogen and oxygen atoms in total. The molecular formula is C32H38N6+2. The van der Waals surface area contributed by atoms with Gasteiger partial charge >= 0.3 is 0 Å². The molecule has 0 aromatic heterocycles. The SMILES string of the molecule is CC1[N+]23C=C[N+]14C1C5C6C7C8C9C%10C%11C([C@H]%12[C@@H]%11[C@H]%11C9C6C%11C1[C@H]%124)[C@@H]2C(C3C75)N1C=CN(C8%10)C1C=NCCN. The lowest BCUT2D eigenvalue weighted by atomic mass is 9.12. The standard InChI is InChI=1S/C32H38N6/c1-9-37-6-7-38(9)31-24-18-14-12-11-13-15-19-21-17(11)20(18)27(21)35-4-5-36(10(35)8-34-3-2-33)28(31)32(38)25(19)23(15)30(37)26(16(12)13)29(37)22(14)24/h4-32H,2-3,33H2,1H3/q+2/t9?,10?,11?,12-,13?,14-,15?,16?,17?,18?,19?,20?,21?,22-,23?,24?,25?,26?,27?,28?,29+,30?,31-,32?,37?,38?/m1/s1. The summed E-state index contributed by atoms with van der Waals surface area (Å²) in [5, 5.41) is 0. The zero-order chi connectivity index (χ0) is 23.7. The molecule has 8 saturated carbocycles. The number of hydrogen-bond donors (Lipinski definition) is 1. The Hall–Kier alpha value is -1.37. The average Bonchev–Trinajstić information content (AvgIpc) is 3.41. The molecule has 8 aliphatic carbocycles. The summed E-state index contributed by atoms with van der Waals surface area (Å²) in [6.07, 6.45) is 14.5. The van der Waals surface area contributed by atoms with Crippen molar-refractivity contribution in [1.82, 2.24) is 9.80 Å². The predicted molar refractivity (Wildman–Crippen MR) is 137 cm³/mol. The van der Waals surface area contributed by atoms with E-state index in [-0.39, 0.29) is 0 Å². The maximum Gasteiger partial charge on any atom is 0.223 e. The monoisotopic (exact) mass is 506 g/mol. The fraction of sp³-hybridized carbons (Fsp3) is 0.844. The molecule has 16 aliphatic rings. The number of nitrogens with two attached hydrogens (primary N) is 1. The minimum absolute atomic E-state index is 0.353. The molecule has 194 valence electrons. The van der Waals surface area contributed by atoms with E-state index < -0.39 is 0 Å². The molecule has 8 aliphatic heterocycles. The van der Waals surface area contributed by atoms with Crippen LogP contribution in [0.15, 0.2) is 29.8 Å². The summed E-state index contributed by atoms with van der Waals surface area (Å²) < 4.78 is 2.92. The molecular weight excluding hydrogens is 468 g/mol. The van der Waals surface area contributed by atoms with Crippen molar-refractivity contribution in [3.63, 3.8) is 0 Å². The van der Waals surface area contributed by atoms with Gasteiger partial charge in [0.05, 0.1) is 12.5 Å². The molecule has 2 N–H and O–H groups in total. The Kier molecular flexibility index (Phi) is 2.18. The minimum atomic E-state index is 0.353. The van der Waals surface area contributed by atoms with Gasteiger partial charge in [-0.15, -0.1) is 0 Å². The largest absolute Gasteiger partial charge is 0.348 e. The number of nitrogens with zero attached hydrogens (tertiary/aromatic N) is 5. The molecule has 6 heteroatoms. The summed E-state index contributed by atoms with van der Waals surface area (Å²) in [5.41, 5.74) is 5.94. The molecule has 6 saturated heterocycles. The maximum atomic E-state index is 5.94. The van der Waals surface area contributed by atoms with Crippen LogP contribution in [0.3, 0.4) is 0 Å². The van der Waals surface area contributed by atoms with Crippen molar-refractivity contribution in [2.24, 2.45) is 105 Å². The second-order valence-electron chi connectivity index (χ2n) is 17.4. The first kappa shape index (κ1) is 18.1. The zero-order valence-electron chi connectivity index (χ0n) is 22.0. The van der Waals surface area contributed by atoms with Gasteiger partial charge in [-0.3, -0.25) is 4.99 Å². The predicted octanol–water partition coefficient (Wildman–Crippen LogP) is 1.14. The van der Waals surface area contributed by atoms with Crippen LogP contribution in [0, 0.1) is 94.7 Å². The lowest BCUT2D eigenvalue weighted by Gasteiger charge is -2.93. The van der Waals surface area contributed by atoms with Crippen molar-refractivity contribution in [3.8, 4) is 0 Å². The van der Waals surface area contributed by atoms with Crippen LogP contribution in [-0.4, -0.2) is 86.7 Å². The molecule has 38 heavy (non-hydrogen) atoms. The minimum Gasteiger partial charge on any atom is -0.348 e. The van der Waals surface area contributed by atoms with Gasteiger partial charge in [-0.1, -0.05) is 0 Å². The van der Waals surface area contributed by atoms with Gasteiger partial charge < -0.3 is 15.5 Å². The Morgan fingerprint density at radius 1 is 0.632 bits per heavy atom. The Balaban J connectivity index is 1.10. The first-order chi connectivity index (χ1) is 18.8. The summed E-state index contributed by atoms with van der Waals surface area (Å²) in [6, 6.07) is 5.26. The Labute approximate surface area is 223 Å². The van der Waals surface area contributed by atoms with Crippen LogP contribution in [0.4, 0.5) is 0 Å². The van der Waals surface area contributed by atoms with E-state index in [4.69, 9.17) is 10.7 Å². The number of quaternary nitrogens is 2. The first-order valence-electron chi connectivity index (χ1n) is 16.7. The molecule has 0 radical (unpaired) electrons. The van der Waals surface area contributed by atoms with Crippen LogP contribution in [0.2, 0.25) is 0 Å². The van der Waals surface area contributed by atoms with E-state index in [0.717, 1.165) is 126 Å². The highest BCUT2D eigenvalue weighted by Gasteiger charge is 3.02. The highest BCUT2D eigenvalue weighted by atomic mass is 15.7.